The highest BCUT2D eigenvalue weighted by Crippen LogP contribution is 2.26. The molecule has 0 bridgehead atoms. The van der Waals surface area contributed by atoms with Crippen LogP contribution in [-0.2, 0) is 9.59 Å². The molecule has 2 amide bonds. The average molecular weight is 405 g/mol. The number of nitrogens with zero attached hydrogens (tertiary/aromatic N) is 2. The van der Waals surface area contributed by atoms with Gasteiger partial charge in [0.1, 0.15) is 11.4 Å². The molecule has 0 saturated carbocycles. The van der Waals surface area contributed by atoms with Crippen LogP contribution >= 0.6 is 12.2 Å². The topological polar surface area (TPSA) is 54.3 Å². The largest absolute Gasteiger partial charge is 0.314 e. The predicted molar refractivity (Wildman–Crippen MR) is 113 cm³/mol. The second-order valence-electron chi connectivity index (χ2n) is 6.48. The Morgan fingerprint density at radius 1 is 0.966 bits per heavy atom. The van der Waals surface area contributed by atoms with Crippen molar-refractivity contribution in [1.82, 2.24) is 9.88 Å². The lowest BCUT2D eigenvalue weighted by atomic mass is 10.1. The van der Waals surface area contributed by atoms with Crippen molar-refractivity contribution in [1.29, 1.82) is 0 Å². The molecule has 0 aliphatic carbocycles. The smallest absolute Gasteiger partial charge is 0.270 e. The summed E-state index contributed by atoms with van der Waals surface area (Å²) in [7, 11) is 0. The molecule has 144 valence electrons. The van der Waals surface area contributed by atoms with Gasteiger partial charge in [-0.3, -0.25) is 14.9 Å². The highest BCUT2D eigenvalue weighted by molar-refractivity contribution is 7.80. The van der Waals surface area contributed by atoms with E-state index in [0.29, 0.717) is 5.69 Å². The Hall–Kier alpha value is -3.58. The van der Waals surface area contributed by atoms with Gasteiger partial charge in [0.2, 0.25) is 0 Å². The van der Waals surface area contributed by atoms with Gasteiger partial charge in [0.05, 0.1) is 5.69 Å². The molecule has 2 aromatic carbocycles. The Balaban J connectivity index is 1.80. The van der Waals surface area contributed by atoms with E-state index >= 15 is 0 Å². The van der Waals surface area contributed by atoms with E-state index in [1.54, 1.807) is 6.07 Å². The van der Waals surface area contributed by atoms with Crippen LogP contribution in [0.3, 0.4) is 0 Å². The minimum absolute atomic E-state index is 0.0111. The van der Waals surface area contributed by atoms with Crippen molar-refractivity contribution in [2.45, 2.75) is 6.92 Å². The molecule has 2 heterocycles. The lowest BCUT2D eigenvalue weighted by Gasteiger charge is -2.29. The first kappa shape index (κ1) is 18.8. The number of halogens is 1. The van der Waals surface area contributed by atoms with Crippen molar-refractivity contribution in [2.24, 2.45) is 0 Å². The van der Waals surface area contributed by atoms with E-state index < -0.39 is 17.6 Å². The van der Waals surface area contributed by atoms with Gasteiger partial charge in [0.15, 0.2) is 5.11 Å². The molecule has 1 N–H and O–H groups in total. The fourth-order valence-corrected chi connectivity index (χ4v) is 3.53. The van der Waals surface area contributed by atoms with Crippen LogP contribution in [0.25, 0.3) is 11.8 Å². The zero-order chi connectivity index (χ0) is 20.5. The summed E-state index contributed by atoms with van der Waals surface area (Å²) in [6, 6.07) is 19.1. The summed E-state index contributed by atoms with van der Waals surface area (Å²) in [6.45, 7) is 1.93. The number of hydrogen-bond donors (Lipinski definition) is 1. The van der Waals surface area contributed by atoms with Crippen LogP contribution < -0.4 is 10.2 Å². The van der Waals surface area contributed by atoms with E-state index in [9.17, 15) is 14.0 Å². The highest BCUT2D eigenvalue weighted by atomic mass is 32.1. The van der Waals surface area contributed by atoms with Gasteiger partial charge < -0.3 is 4.57 Å². The second-order valence-corrected chi connectivity index (χ2v) is 6.87. The number of benzene rings is 2. The minimum atomic E-state index is -0.678. The Bertz CT molecular complexity index is 1170. The third-order valence-electron chi connectivity index (χ3n) is 4.61. The van der Waals surface area contributed by atoms with Crippen LogP contribution in [0.2, 0.25) is 0 Å². The summed E-state index contributed by atoms with van der Waals surface area (Å²) in [6.07, 6.45) is 1.49. The van der Waals surface area contributed by atoms with E-state index in [1.165, 1.54) is 24.3 Å². The molecule has 1 saturated heterocycles. The number of para-hydroxylation sites is 2. The van der Waals surface area contributed by atoms with E-state index in [0.717, 1.165) is 16.3 Å². The lowest BCUT2D eigenvalue weighted by Crippen LogP contribution is -2.54. The minimum Gasteiger partial charge on any atom is -0.314 e. The van der Waals surface area contributed by atoms with E-state index in [4.69, 9.17) is 12.2 Å². The SMILES string of the molecule is Cc1ccc(/C=C2\C(=O)NC(=S)N(c3ccccc3F)C2=O)n1-c1ccccc1. The number of hydrogen-bond acceptors (Lipinski definition) is 3. The van der Waals surface area contributed by atoms with Gasteiger partial charge in [-0.25, -0.2) is 9.29 Å². The lowest BCUT2D eigenvalue weighted by molar-refractivity contribution is -0.122. The molecule has 1 aliphatic rings. The molecule has 0 unspecified atom stereocenters. The zero-order valence-electron chi connectivity index (χ0n) is 15.4. The molecule has 0 spiro atoms. The Morgan fingerprint density at radius 2 is 1.66 bits per heavy atom. The van der Waals surface area contributed by atoms with Crippen LogP contribution in [0, 0.1) is 12.7 Å². The first-order chi connectivity index (χ1) is 14.0. The van der Waals surface area contributed by atoms with E-state index in [1.807, 2.05) is 54.0 Å². The molecule has 4 rings (SSSR count). The first-order valence-corrected chi connectivity index (χ1v) is 9.28. The van der Waals surface area contributed by atoms with Gasteiger partial charge in [0, 0.05) is 17.1 Å². The van der Waals surface area contributed by atoms with E-state index in [-0.39, 0.29) is 16.4 Å². The molecule has 1 aliphatic heterocycles. The zero-order valence-corrected chi connectivity index (χ0v) is 16.2. The van der Waals surface area contributed by atoms with Crippen LogP contribution in [0.5, 0.6) is 0 Å². The average Bonchev–Trinajstić information content (AvgIpc) is 3.07. The molecule has 7 heteroatoms. The molecule has 0 radical (unpaired) electrons. The van der Waals surface area contributed by atoms with Crippen LogP contribution in [0.4, 0.5) is 10.1 Å². The summed E-state index contributed by atoms with van der Waals surface area (Å²) in [5.74, 6) is -1.91. The molecule has 1 aromatic heterocycles. The van der Waals surface area contributed by atoms with Crippen molar-refractivity contribution in [3.63, 3.8) is 0 Å². The number of carbonyl (C=O) groups is 2. The van der Waals surface area contributed by atoms with Crippen molar-refractivity contribution in [3.8, 4) is 5.69 Å². The summed E-state index contributed by atoms with van der Waals surface area (Å²) in [5, 5.41) is 2.32. The predicted octanol–water partition coefficient (Wildman–Crippen LogP) is 3.76. The number of rotatable bonds is 3. The summed E-state index contributed by atoms with van der Waals surface area (Å²) >= 11 is 5.12. The number of aryl methyl sites for hydroxylation is 1. The quantitative estimate of drug-likeness (QED) is 0.410. The van der Waals surface area contributed by atoms with Crippen LogP contribution in [0.1, 0.15) is 11.4 Å². The van der Waals surface area contributed by atoms with Crippen molar-refractivity contribution < 1.29 is 14.0 Å². The third-order valence-corrected chi connectivity index (χ3v) is 4.89. The Labute approximate surface area is 172 Å². The fourth-order valence-electron chi connectivity index (χ4n) is 3.26. The Morgan fingerprint density at radius 3 is 2.38 bits per heavy atom. The molecule has 5 nitrogen and oxygen atoms in total. The number of anilines is 1. The van der Waals surface area contributed by atoms with Gasteiger partial charge in [-0.15, -0.1) is 0 Å². The summed E-state index contributed by atoms with van der Waals surface area (Å²) < 4.78 is 16.2. The molecular formula is C22H16FN3O2S. The standard InChI is InChI=1S/C22H16FN3O2S/c1-14-11-12-16(25(14)15-7-3-2-4-8-15)13-17-20(27)24-22(29)26(21(17)28)19-10-6-5-9-18(19)23/h2-13H,1H3,(H,24,27,29)/b17-13+. The van der Waals surface area contributed by atoms with Gasteiger partial charge in [-0.2, -0.15) is 0 Å². The monoisotopic (exact) mass is 405 g/mol. The highest BCUT2D eigenvalue weighted by Gasteiger charge is 2.35. The first-order valence-electron chi connectivity index (χ1n) is 8.87. The molecule has 0 atom stereocenters. The van der Waals surface area contributed by atoms with Crippen LogP contribution in [-0.4, -0.2) is 21.5 Å². The van der Waals surface area contributed by atoms with Crippen molar-refractivity contribution in [3.05, 3.63) is 89.5 Å². The van der Waals surface area contributed by atoms with Gasteiger partial charge in [-0.05, 0) is 61.6 Å². The second kappa shape index (κ2) is 7.44. The van der Waals surface area contributed by atoms with Gasteiger partial charge >= 0.3 is 0 Å². The molecule has 29 heavy (non-hydrogen) atoms. The van der Waals surface area contributed by atoms with E-state index in [2.05, 4.69) is 5.32 Å². The van der Waals surface area contributed by atoms with Gasteiger partial charge in [-0.1, -0.05) is 30.3 Å². The maximum Gasteiger partial charge on any atom is 0.270 e. The van der Waals surface area contributed by atoms with Crippen molar-refractivity contribution in [2.75, 3.05) is 4.90 Å². The number of carbonyl (C=O) groups excluding carboxylic acids is 2. The van der Waals surface area contributed by atoms with Crippen LogP contribution in [0.15, 0.2) is 72.3 Å². The van der Waals surface area contributed by atoms with Crippen molar-refractivity contribution >= 4 is 40.9 Å². The number of aromatic nitrogens is 1. The molecular weight excluding hydrogens is 389 g/mol. The fraction of sp³-hybridized carbons (Fsp3) is 0.0455. The van der Waals surface area contributed by atoms with Gasteiger partial charge in [0.25, 0.3) is 11.8 Å². The number of nitrogens with one attached hydrogen (secondary N) is 1. The molecule has 3 aromatic rings. The molecule has 1 fully saturated rings. The maximum absolute atomic E-state index is 14.3. The number of amides is 2. The third kappa shape index (κ3) is 3.36. The summed E-state index contributed by atoms with van der Waals surface area (Å²) in [4.78, 5) is 26.6. The normalized spacial score (nSPS) is 15.7. The number of thiocarbonyl (C=S) groups is 1. The Kier molecular flexibility index (Phi) is 4.82. The summed E-state index contributed by atoms with van der Waals surface area (Å²) in [5.41, 5.74) is 2.34. The maximum atomic E-state index is 14.3.